The van der Waals surface area contributed by atoms with Gasteiger partial charge in [0, 0.05) is 30.5 Å². The molecule has 0 bridgehead atoms. The Bertz CT molecular complexity index is 820. The highest BCUT2D eigenvalue weighted by atomic mass is 16.6. The van der Waals surface area contributed by atoms with E-state index in [1.165, 1.54) is 4.90 Å². The van der Waals surface area contributed by atoms with Gasteiger partial charge in [-0.1, -0.05) is 0 Å². The summed E-state index contributed by atoms with van der Waals surface area (Å²) in [5.41, 5.74) is 2.62. The SMILES string of the molecule is CC1=C(C(=O)N2C[C@H](O)C[C@H](NC(=O)Cc3cc(C)nc(C)c3)C2)OCCO1.O=CO. The van der Waals surface area contributed by atoms with Gasteiger partial charge < -0.3 is 29.9 Å². The number of amides is 2. The molecule has 3 N–H and O–H groups in total. The van der Waals surface area contributed by atoms with Crippen LogP contribution in [0.25, 0.3) is 0 Å². The first kappa shape index (κ1) is 24.1. The Morgan fingerprint density at radius 2 is 1.81 bits per heavy atom. The van der Waals surface area contributed by atoms with Crippen LogP contribution in [0, 0.1) is 13.8 Å². The van der Waals surface area contributed by atoms with Gasteiger partial charge >= 0.3 is 0 Å². The lowest BCUT2D eigenvalue weighted by Gasteiger charge is -2.36. The van der Waals surface area contributed by atoms with Crippen molar-refractivity contribution in [1.29, 1.82) is 0 Å². The fourth-order valence-electron chi connectivity index (χ4n) is 3.69. The zero-order chi connectivity index (χ0) is 23.0. The highest BCUT2D eigenvalue weighted by molar-refractivity contribution is 5.92. The highest BCUT2D eigenvalue weighted by Gasteiger charge is 2.33. The van der Waals surface area contributed by atoms with Gasteiger partial charge in [-0.15, -0.1) is 0 Å². The summed E-state index contributed by atoms with van der Waals surface area (Å²) in [5.74, 6) is 0.146. The van der Waals surface area contributed by atoms with E-state index in [2.05, 4.69) is 10.3 Å². The number of aliphatic hydroxyl groups is 1. The van der Waals surface area contributed by atoms with Crippen molar-refractivity contribution >= 4 is 18.3 Å². The van der Waals surface area contributed by atoms with Crippen LogP contribution in [0.2, 0.25) is 0 Å². The Balaban J connectivity index is 0.00000107. The number of likely N-dealkylation sites (tertiary alicyclic amines) is 1. The molecule has 2 aliphatic heterocycles. The van der Waals surface area contributed by atoms with E-state index < -0.39 is 6.10 Å². The first-order chi connectivity index (χ1) is 14.7. The molecule has 10 nitrogen and oxygen atoms in total. The average molecular weight is 435 g/mol. The molecule has 10 heteroatoms. The molecule has 2 amide bonds. The van der Waals surface area contributed by atoms with Crippen LogP contribution in [0.15, 0.2) is 23.7 Å². The number of hydrogen-bond acceptors (Lipinski definition) is 7. The van der Waals surface area contributed by atoms with Gasteiger partial charge in [0.25, 0.3) is 12.4 Å². The summed E-state index contributed by atoms with van der Waals surface area (Å²) in [5, 5.41) is 20.0. The van der Waals surface area contributed by atoms with Gasteiger partial charge in [-0.2, -0.15) is 0 Å². The van der Waals surface area contributed by atoms with Crippen molar-refractivity contribution in [2.75, 3.05) is 26.3 Å². The predicted octanol–water partition coefficient (Wildman–Crippen LogP) is 0.298. The van der Waals surface area contributed by atoms with Crippen LogP contribution in [0.1, 0.15) is 30.3 Å². The maximum absolute atomic E-state index is 12.7. The summed E-state index contributed by atoms with van der Waals surface area (Å²) in [4.78, 5) is 39.4. The molecule has 170 valence electrons. The number of rotatable bonds is 4. The van der Waals surface area contributed by atoms with Gasteiger partial charge in [0.05, 0.1) is 12.5 Å². The van der Waals surface area contributed by atoms with E-state index in [0.29, 0.717) is 31.9 Å². The number of hydrogen-bond donors (Lipinski definition) is 3. The maximum atomic E-state index is 12.7. The zero-order valence-corrected chi connectivity index (χ0v) is 18.0. The van der Waals surface area contributed by atoms with Gasteiger partial charge in [-0.05, 0) is 44.9 Å². The molecule has 0 aliphatic carbocycles. The Kier molecular flexibility index (Phi) is 8.80. The summed E-state index contributed by atoms with van der Waals surface area (Å²) >= 11 is 0. The minimum absolute atomic E-state index is 0.149. The second kappa shape index (κ2) is 11.3. The molecule has 0 spiro atoms. The van der Waals surface area contributed by atoms with E-state index >= 15 is 0 Å². The van der Waals surface area contributed by atoms with E-state index in [1.54, 1.807) is 6.92 Å². The van der Waals surface area contributed by atoms with Gasteiger partial charge in [0.1, 0.15) is 19.0 Å². The predicted molar refractivity (Wildman–Crippen MR) is 110 cm³/mol. The number of β-amino-alcohol motifs (C(OH)–C–C–N with tert-alkyl or cyclic N) is 1. The summed E-state index contributed by atoms with van der Waals surface area (Å²) in [6.07, 6.45) is -0.0792. The Morgan fingerprint density at radius 3 is 2.42 bits per heavy atom. The normalized spacial score (nSPS) is 20.6. The minimum atomic E-state index is -0.709. The van der Waals surface area contributed by atoms with Crippen molar-refractivity contribution in [2.45, 2.75) is 45.8 Å². The lowest BCUT2D eigenvalue weighted by Crippen LogP contribution is -2.55. The number of nitrogens with zero attached hydrogens (tertiary/aromatic N) is 2. The van der Waals surface area contributed by atoms with E-state index in [4.69, 9.17) is 19.4 Å². The Hall–Kier alpha value is -3.14. The Labute approximate surface area is 180 Å². The van der Waals surface area contributed by atoms with E-state index in [-0.39, 0.29) is 43.1 Å². The number of carbonyl (C=O) groups is 3. The van der Waals surface area contributed by atoms with E-state index in [0.717, 1.165) is 17.0 Å². The smallest absolute Gasteiger partial charge is 0.292 e. The Morgan fingerprint density at radius 1 is 1.19 bits per heavy atom. The molecule has 1 saturated heterocycles. The third-order valence-corrected chi connectivity index (χ3v) is 4.75. The first-order valence-corrected chi connectivity index (χ1v) is 9.98. The van der Waals surface area contributed by atoms with Crippen molar-refractivity contribution in [1.82, 2.24) is 15.2 Å². The van der Waals surface area contributed by atoms with Crippen molar-refractivity contribution in [2.24, 2.45) is 0 Å². The van der Waals surface area contributed by atoms with Crippen LogP contribution < -0.4 is 5.32 Å². The molecule has 0 unspecified atom stereocenters. The van der Waals surface area contributed by atoms with Gasteiger partial charge in [-0.3, -0.25) is 19.4 Å². The van der Waals surface area contributed by atoms with Crippen molar-refractivity contribution in [3.05, 3.63) is 40.6 Å². The monoisotopic (exact) mass is 435 g/mol. The van der Waals surface area contributed by atoms with E-state index in [9.17, 15) is 14.7 Å². The zero-order valence-electron chi connectivity index (χ0n) is 18.0. The molecular formula is C21H29N3O7. The third kappa shape index (κ3) is 7.25. The fraction of sp³-hybridized carbons (Fsp3) is 0.524. The summed E-state index contributed by atoms with van der Waals surface area (Å²) in [7, 11) is 0. The van der Waals surface area contributed by atoms with Crippen LogP contribution in [-0.4, -0.2) is 76.8 Å². The molecule has 3 heterocycles. The van der Waals surface area contributed by atoms with Gasteiger partial charge in [0.2, 0.25) is 11.7 Å². The summed E-state index contributed by atoms with van der Waals surface area (Å²) < 4.78 is 10.8. The molecule has 1 aromatic rings. The molecule has 31 heavy (non-hydrogen) atoms. The second-order valence-corrected chi connectivity index (χ2v) is 7.49. The summed E-state index contributed by atoms with van der Waals surface area (Å²) in [6, 6.07) is 3.44. The first-order valence-electron chi connectivity index (χ1n) is 9.98. The quantitative estimate of drug-likeness (QED) is 0.574. The number of piperidine rings is 1. The number of nitrogens with one attached hydrogen (secondary N) is 1. The minimum Gasteiger partial charge on any atom is -0.491 e. The third-order valence-electron chi connectivity index (χ3n) is 4.75. The highest BCUT2D eigenvalue weighted by Crippen LogP contribution is 2.19. The fourth-order valence-corrected chi connectivity index (χ4v) is 3.69. The second-order valence-electron chi connectivity index (χ2n) is 7.49. The van der Waals surface area contributed by atoms with Crippen LogP contribution in [-0.2, 0) is 30.3 Å². The molecule has 1 fully saturated rings. The average Bonchev–Trinajstić information content (AvgIpc) is 2.67. The van der Waals surface area contributed by atoms with Crippen LogP contribution in [0.3, 0.4) is 0 Å². The van der Waals surface area contributed by atoms with Gasteiger partial charge in [-0.25, -0.2) is 0 Å². The molecule has 0 saturated carbocycles. The lowest BCUT2D eigenvalue weighted by atomic mass is 10.0. The van der Waals surface area contributed by atoms with Crippen LogP contribution in [0.4, 0.5) is 0 Å². The number of allylic oxidation sites excluding steroid dienone is 1. The molecule has 2 atom stereocenters. The molecule has 0 aromatic carbocycles. The molecule has 1 aromatic heterocycles. The molecule has 3 rings (SSSR count). The number of carboxylic acid groups (broad SMARTS) is 1. The lowest BCUT2D eigenvalue weighted by molar-refractivity contribution is -0.137. The molecule has 2 aliphatic rings. The number of aryl methyl sites for hydroxylation is 2. The van der Waals surface area contributed by atoms with Crippen LogP contribution in [0.5, 0.6) is 0 Å². The van der Waals surface area contributed by atoms with E-state index in [1.807, 2.05) is 26.0 Å². The van der Waals surface area contributed by atoms with Crippen molar-refractivity contribution in [3.63, 3.8) is 0 Å². The number of ether oxygens (including phenoxy) is 2. The largest absolute Gasteiger partial charge is 0.491 e. The number of pyridine rings is 1. The standard InChI is InChI=1S/C20H27N3O5.CH2O2/c1-12-6-15(7-13(2)21-12)8-18(25)22-16-9-17(24)11-23(10-16)20(26)19-14(3)27-4-5-28-19;2-1-3/h6-7,16-17,24H,4-5,8-11H2,1-3H3,(H,22,25);1H,(H,2,3)/t16-,17+;/m0./s1. The van der Waals surface area contributed by atoms with Crippen LogP contribution >= 0.6 is 0 Å². The van der Waals surface area contributed by atoms with Crippen molar-refractivity contribution in [3.8, 4) is 0 Å². The number of aliphatic hydroxyl groups excluding tert-OH is 1. The maximum Gasteiger partial charge on any atom is 0.292 e. The molecule has 0 radical (unpaired) electrons. The number of aromatic nitrogens is 1. The molecular weight excluding hydrogens is 406 g/mol. The number of carbonyl (C=O) groups excluding carboxylic acids is 2. The van der Waals surface area contributed by atoms with Gasteiger partial charge in [0.15, 0.2) is 0 Å². The summed E-state index contributed by atoms with van der Waals surface area (Å²) in [6.45, 7) is 6.47. The van der Waals surface area contributed by atoms with Crippen molar-refractivity contribution < 1.29 is 34.1 Å². The topological polar surface area (TPSA) is 138 Å².